The average Bonchev–Trinajstić information content (AvgIpc) is 2.41. The van der Waals surface area contributed by atoms with Gasteiger partial charge in [-0.25, -0.2) is 0 Å². The molecule has 2 heterocycles. The average molecular weight is 152 g/mol. The van der Waals surface area contributed by atoms with Gasteiger partial charge in [-0.3, -0.25) is 0 Å². The second kappa shape index (κ2) is 2.26. The van der Waals surface area contributed by atoms with Crippen molar-refractivity contribution in [1.82, 2.24) is 5.16 Å². The maximum absolute atomic E-state index is 5.11. The highest BCUT2D eigenvalue weighted by molar-refractivity contribution is 5.49. The summed E-state index contributed by atoms with van der Waals surface area (Å²) in [6.45, 7) is 5.27. The molecule has 0 bridgehead atoms. The van der Waals surface area contributed by atoms with E-state index >= 15 is 0 Å². The lowest BCUT2D eigenvalue weighted by atomic mass is 10.1. The molecule has 0 spiro atoms. The van der Waals surface area contributed by atoms with Crippen LogP contribution in [0.3, 0.4) is 0 Å². The molecule has 0 aromatic carbocycles. The van der Waals surface area contributed by atoms with Crippen molar-refractivity contribution < 1.29 is 4.52 Å². The second-order valence-electron chi connectivity index (χ2n) is 3.21. The molecule has 1 aromatic heterocycles. The van der Waals surface area contributed by atoms with Crippen LogP contribution >= 0.6 is 0 Å². The van der Waals surface area contributed by atoms with Gasteiger partial charge in [-0.15, -0.1) is 0 Å². The summed E-state index contributed by atoms with van der Waals surface area (Å²) >= 11 is 0. The summed E-state index contributed by atoms with van der Waals surface area (Å²) < 4.78 is 5.11. The molecule has 0 saturated heterocycles. The molecule has 0 fully saturated rings. The predicted octanol–water partition coefficient (Wildman–Crippen LogP) is 1.77. The van der Waals surface area contributed by atoms with Crippen molar-refractivity contribution in [2.75, 3.05) is 11.9 Å². The van der Waals surface area contributed by atoms with E-state index in [2.05, 4.69) is 24.3 Å². The Labute approximate surface area is 65.8 Å². The van der Waals surface area contributed by atoms with Crippen LogP contribution < -0.4 is 5.32 Å². The molecule has 60 valence electrons. The topological polar surface area (TPSA) is 38.1 Å². The van der Waals surface area contributed by atoms with E-state index in [-0.39, 0.29) is 0 Å². The maximum Gasteiger partial charge on any atom is 0.228 e. The van der Waals surface area contributed by atoms with Crippen LogP contribution in [0.2, 0.25) is 0 Å². The molecule has 2 rings (SSSR count). The van der Waals surface area contributed by atoms with E-state index in [1.165, 1.54) is 5.56 Å². The van der Waals surface area contributed by atoms with Crippen molar-refractivity contribution in [1.29, 1.82) is 0 Å². The van der Waals surface area contributed by atoms with Gasteiger partial charge in [0, 0.05) is 12.1 Å². The van der Waals surface area contributed by atoms with E-state index in [9.17, 15) is 0 Å². The highest BCUT2D eigenvalue weighted by Gasteiger charge is 2.21. The van der Waals surface area contributed by atoms with Crippen molar-refractivity contribution >= 4 is 5.88 Å². The van der Waals surface area contributed by atoms with Crippen molar-refractivity contribution in [3.8, 4) is 0 Å². The lowest BCUT2D eigenvalue weighted by Gasteiger charge is -1.98. The van der Waals surface area contributed by atoms with E-state index in [4.69, 9.17) is 4.52 Å². The third-order valence-corrected chi connectivity index (χ3v) is 2.03. The minimum Gasteiger partial charge on any atom is -0.353 e. The smallest absolute Gasteiger partial charge is 0.228 e. The molecule has 1 aliphatic heterocycles. The van der Waals surface area contributed by atoms with Crippen molar-refractivity contribution in [3.05, 3.63) is 11.3 Å². The first kappa shape index (κ1) is 6.70. The fourth-order valence-corrected chi connectivity index (χ4v) is 1.46. The molecule has 1 aliphatic rings. The van der Waals surface area contributed by atoms with Gasteiger partial charge >= 0.3 is 0 Å². The summed E-state index contributed by atoms with van der Waals surface area (Å²) in [4.78, 5) is 0. The number of fused-ring (bicyclic) bond motifs is 1. The molecule has 0 atom stereocenters. The van der Waals surface area contributed by atoms with Crippen LogP contribution in [0, 0.1) is 0 Å². The van der Waals surface area contributed by atoms with Crippen LogP contribution in [0.1, 0.15) is 31.0 Å². The van der Waals surface area contributed by atoms with Crippen LogP contribution in [0.15, 0.2) is 4.52 Å². The van der Waals surface area contributed by atoms with Gasteiger partial charge in [-0.1, -0.05) is 19.0 Å². The maximum atomic E-state index is 5.11. The minimum atomic E-state index is 0.474. The molecular formula is C8H12N2O. The van der Waals surface area contributed by atoms with Gasteiger partial charge in [0.2, 0.25) is 5.88 Å². The number of nitrogens with zero attached hydrogens (tertiary/aromatic N) is 1. The zero-order chi connectivity index (χ0) is 7.84. The van der Waals surface area contributed by atoms with E-state index in [1.807, 2.05) is 0 Å². The largest absolute Gasteiger partial charge is 0.353 e. The molecular weight excluding hydrogens is 140 g/mol. The Bertz CT molecular complexity index is 265. The predicted molar refractivity (Wildman–Crippen MR) is 42.8 cm³/mol. The van der Waals surface area contributed by atoms with Gasteiger partial charge in [0.25, 0.3) is 0 Å². The van der Waals surface area contributed by atoms with Gasteiger partial charge in [0.05, 0.1) is 5.69 Å². The molecule has 3 heteroatoms. The highest BCUT2D eigenvalue weighted by Crippen LogP contribution is 2.29. The number of nitrogens with one attached hydrogen (secondary N) is 1. The quantitative estimate of drug-likeness (QED) is 0.666. The van der Waals surface area contributed by atoms with Gasteiger partial charge in [-0.2, -0.15) is 0 Å². The molecule has 0 saturated carbocycles. The molecule has 0 radical (unpaired) electrons. The Hall–Kier alpha value is -0.990. The Morgan fingerprint density at radius 3 is 3.09 bits per heavy atom. The Kier molecular flexibility index (Phi) is 1.37. The van der Waals surface area contributed by atoms with Gasteiger partial charge in [0.15, 0.2) is 0 Å². The van der Waals surface area contributed by atoms with Crippen molar-refractivity contribution in [2.45, 2.75) is 26.2 Å². The van der Waals surface area contributed by atoms with Crippen molar-refractivity contribution in [3.63, 3.8) is 0 Å². The van der Waals surface area contributed by atoms with Gasteiger partial charge < -0.3 is 9.84 Å². The summed E-state index contributed by atoms with van der Waals surface area (Å²) in [6, 6.07) is 0. The molecule has 1 aromatic rings. The zero-order valence-corrected chi connectivity index (χ0v) is 6.85. The fourth-order valence-electron chi connectivity index (χ4n) is 1.46. The highest BCUT2D eigenvalue weighted by atomic mass is 16.5. The molecule has 0 amide bonds. The number of hydrogen-bond donors (Lipinski definition) is 1. The third-order valence-electron chi connectivity index (χ3n) is 2.03. The summed E-state index contributed by atoms with van der Waals surface area (Å²) in [5, 5.41) is 7.15. The zero-order valence-electron chi connectivity index (χ0n) is 6.85. The summed E-state index contributed by atoms with van der Waals surface area (Å²) in [7, 11) is 0. The van der Waals surface area contributed by atoms with Crippen LogP contribution in [0.25, 0.3) is 0 Å². The fraction of sp³-hybridized carbons (Fsp3) is 0.625. The molecule has 0 aliphatic carbocycles. The summed E-state index contributed by atoms with van der Waals surface area (Å²) in [5.41, 5.74) is 2.39. The van der Waals surface area contributed by atoms with Gasteiger partial charge in [-0.05, 0) is 12.3 Å². The first-order chi connectivity index (χ1) is 5.29. The van der Waals surface area contributed by atoms with E-state index in [0.29, 0.717) is 5.92 Å². The molecule has 1 N–H and O–H groups in total. The number of aromatic nitrogens is 1. The monoisotopic (exact) mass is 152 g/mol. The first-order valence-electron chi connectivity index (χ1n) is 4.01. The molecule has 11 heavy (non-hydrogen) atoms. The molecule has 3 nitrogen and oxygen atoms in total. The number of hydrogen-bond acceptors (Lipinski definition) is 3. The van der Waals surface area contributed by atoms with Crippen LogP contribution in [-0.2, 0) is 6.42 Å². The Balaban J connectivity index is 2.42. The van der Waals surface area contributed by atoms with Gasteiger partial charge in [0.1, 0.15) is 0 Å². The Morgan fingerprint density at radius 1 is 1.55 bits per heavy atom. The number of anilines is 1. The summed E-state index contributed by atoms with van der Waals surface area (Å²) in [5.74, 6) is 1.36. The first-order valence-corrected chi connectivity index (χ1v) is 4.01. The lowest BCUT2D eigenvalue weighted by molar-refractivity contribution is 0.421. The normalized spacial score (nSPS) is 15.2. The lowest BCUT2D eigenvalue weighted by Crippen LogP contribution is -1.95. The van der Waals surface area contributed by atoms with Crippen molar-refractivity contribution in [2.24, 2.45) is 0 Å². The minimum absolute atomic E-state index is 0.474. The molecule has 0 unspecified atom stereocenters. The SMILES string of the molecule is CC(C)c1noc2c1CCN2. The number of rotatable bonds is 1. The van der Waals surface area contributed by atoms with E-state index < -0.39 is 0 Å². The summed E-state index contributed by atoms with van der Waals surface area (Å²) in [6.07, 6.45) is 1.06. The third kappa shape index (κ3) is 0.914. The van der Waals surface area contributed by atoms with Crippen LogP contribution in [-0.4, -0.2) is 11.7 Å². The van der Waals surface area contributed by atoms with E-state index in [0.717, 1.165) is 24.5 Å². The van der Waals surface area contributed by atoms with E-state index in [1.54, 1.807) is 0 Å². The second-order valence-corrected chi connectivity index (χ2v) is 3.21. The van der Waals surface area contributed by atoms with Crippen LogP contribution in [0.4, 0.5) is 5.88 Å². The van der Waals surface area contributed by atoms with Crippen LogP contribution in [0.5, 0.6) is 0 Å². The Morgan fingerprint density at radius 2 is 2.36 bits per heavy atom. The standard InChI is InChI=1S/C8H12N2O/c1-5(2)7-6-3-4-9-8(6)11-10-7/h5,9H,3-4H2,1-2H3.